The molecule has 1 aliphatic heterocycles. The van der Waals surface area contributed by atoms with Gasteiger partial charge in [0.15, 0.2) is 0 Å². The minimum atomic E-state index is -0.139. The minimum absolute atomic E-state index is 0.0714. The quantitative estimate of drug-likeness (QED) is 0.724. The first-order valence-corrected chi connectivity index (χ1v) is 11.8. The summed E-state index contributed by atoms with van der Waals surface area (Å²) in [5, 5.41) is 2.85. The van der Waals surface area contributed by atoms with Crippen LogP contribution in [0.5, 0.6) is 5.75 Å². The van der Waals surface area contributed by atoms with E-state index in [2.05, 4.69) is 29.0 Å². The fraction of sp³-hybridized carbons (Fsp3) is 0.500. The van der Waals surface area contributed by atoms with Crippen LogP contribution in [0.15, 0.2) is 42.7 Å². The molecule has 1 N–H and O–H groups in total. The number of carbonyl (C=O) groups excluding carboxylic acids is 2. The van der Waals surface area contributed by atoms with Gasteiger partial charge < -0.3 is 19.7 Å². The summed E-state index contributed by atoms with van der Waals surface area (Å²) in [6.07, 6.45) is 3.86. The maximum absolute atomic E-state index is 13.3. The van der Waals surface area contributed by atoms with Crippen molar-refractivity contribution in [3.63, 3.8) is 0 Å². The van der Waals surface area contributed by atoms with E-state index < -0.39 is 0 Å². The van der Waals surface area contributed by atoms with Crippen molar-refractivity contribution in [2.75, 3.05) is 39.2 Å². The number of aromatic nitrogens is 1. The highest BCUT2D eigenvalue weighted by molar-refractivity contribution is 5.98. The Labute approximate surface area is 202 Å². The molecule has 1 aromatic carbocycles. The van der Waals surface area contributed by atoms with Gasteiger partial charge in [-0.15, -0.1) is 0 Å². The van der Waals surface area contributed by atoms with Crippen LogP contribution >= 0.6 is 0 Å². The van der Waals surface area contributed by atoms with Gasteiger partial charge in [-0.05, 0) is 42.7 Å². The molecule has 0 fully saturated rings. The van der Waals surface area contributed by atoms with Gasteiger partial charge in [0.2, 0.25) is 5.91 Å². The molecule has 8 nitrogen and oxygen atoms in total. The molecule has 0 bridgehead atoms. The zero-order chi connectivity index (χ0) is 24.7. The zero-order valence-corrected chi connectivity index (χ0v) is 20.8. The fourth-order valence-electron chi connectivity index (χ4n) is 4.12. The van der Waals surface area contributed by atoms with Crippen molar-refractivity contribution >= 4 is 17.5 Å². The molecule has 184 valence electrons. The standard InChI is InChI=1S/C26H36N4O4/c1-6-25(31)28-21-7-8-22-23(13-21)34-17-19(3)30(15-20-9-11-27-12-10-20)14-18(2)24(33-5)16-29(4)26(22)32/h7-13,18-19,24H,6,14-17H2,1-5H3,(H,28,31)/t18-,19-,24+/m1/s1. The topological polar surface area (TPSA) is 84.0 Å². The number of nitrogens with one attached hydrogen (secondary N) is 1. The third-order valence-corrected chi connectivity index (χ3v) is 6.32. The zero-order valence-electron chi connectivity index (χ0n) is 20.8. The van der Waals surface area contributed by atoms with Crippen LogP contribution in [0, 0.1) is 5.92 Å². The Hall–Kier alpha value is -2.97. The van der Waals surface area contributed by atoms with Crippen molar-refractivity contribution in [2.45, 2.75) is 45.9 Å². The summed E-state index contributed by atoms with van der Waals surface area (Å²) in [5.74, 6) is 0.420. The maximum atomic E-state index is 13.3. The molecular weight excluding hydrogens is 432 g/mol. The van der Waals surface area contributed by atoms with Gasteiger partial charge in [-0.3, -0.25) is 19.5 Å². The Kier molecular flexibility index (Phi) is 9.01. The van der Waals surface area contributed by atoms with Gasteiger partial charge in [0.1, 0.15) is 12.4 Å². The number of rotatable bonds is 5. The van der Waals surface area contributed by atoms with Crippen LogP contribution in [-0.2, 0) is 16.1 Å². The highest BCUT2D eigenvalue weighted by atomic mass is 16.5. The number of carbonyl (C=O) groups is 2. The van der Waals surface area contributed by atoms with E-state index in [1.165, 1.54) is 5.56 Å². The van der Waals surface area contributed by atoms with E-state index in [-0.39, 0.29) is 29.9 Å². The molecule has 2 aromatic rings. The monoisotopic (exact) mass is 468 g/mol. The molecule has 3 rings (SSSR count). The number of hydrogen-bond donors (Lipinski definition) is 1. The van der Waals surface area contributed by atoms with Crippen molar-refractivity contribution in [3.8, 4) is 5.75 Å². The molecule has 34 heavy (non-hydrogen) atoms. The van der Waals surface area contributed by atoms with E-state index in [0.717, 1.165) is 13.1 Å². The second kappa shape index (κ2) is 11.9. The van der Waals surface area contributed by atoms with Gasteiger partial charge in [-0.2, -0.15) is 0 Å². The predicted molar refractivity (Wildman–Crippen MR) is 132 cm³/mol. The van der Waals surface area contributed by atoms with Crippen molar-refractivity contribution in [2.24, 2.45) is 5.92 Å². The summed E-state index contributed by atoms with van der Waals surface area (Å²) >= 11 is 0. The molecule has 3 atom stereocenters. The summed E-state index contributed by atoms with van der Waals surface area (Å²) in [6.45, 7) is 8.46. The smallest absolute Gasteiger partial charge is 0.257 e. The molecule has 2 amide bonds. The lowest BCUT2D eigenvalue weighted by atomic mass is 10.0. The average Bonchev–Trinajstić information content (AvgIpc) is 2.84. The SMILES string of the molecule is CCC(=O)Nc1ccc2c(c1)OC[C@@H](C)N(Cc1ccncc1)C[C@@H](C)[C@@H](OC)CN(C)C2=O. The number of ether oxygens (including phenoxy) is 2. The molecule has 0 spiro atoms. The van der Waals surface area contributed by atoms with E-state index in [0.29, 0.717) is 36.6 Å². The highest BCUT2D eigenvalue weighted by Crippen LogP contribution is 2.27. The predicted octanol–water partition coefficient (Wildman–Crippen LogP) is 3.44. The van der Waals surface area contributed by atoms with Gasteiger partial charge in [0.05, 0.1) is 11.7 Å². The summed E-state index contributed by atoms with van der Waals surface area (Å²) in [5.41, 5.74) is 2.25. The third-order valence-electron chi connectivity index (χ3n) is 6.32. The fourth-order valence-corrected chi connectivity index (χ4v) is 4.12. The lowest BCUT2D eigenvalue weighted by Crippen LogP contribution is -2.46. The molecule has 1 aliphatic rings. The Morgan fingerprint density at radius 1 is 1.21 bits per heavy atom. The molecule has 8 heteroatoms. The van der Waals surface area contributed by atoms with Gasteiger partial charge in [0, 0.05) is 70.4 Å². The first-order valence-electron chi connectivity index (χ1n) is 11.8. The van der Waals surface area contributed by atoms with E-state index in [4.69, 9.17) is 9.47 Å². The maximum Gasteiger partial charge on any atom is 0.257 e. The number of benzene rings is 1. The molecule has 0 aliphatic carbocycles. The third kappa shape index (κ3) is 6.55. The van der Waals surface area contributed by atoms with Crippen LogP contribution in [0.25, 0.3) is 0 Å². The average molecular weight is 469 g/mol. The number of nitrogens with zero attached hydrogens (tertiary/aromatic N) is 3. The Bertz CT molecular complexity index is 969. The van der Waals surface area contributed by atoms with E-state index in [1.54, 1.807) is 56.6 Å². The Balaban J connectivity index is 1.94. The summed E-state index contributed by atoms with van der Waals surface area (Å²) in [4.78, 5) is 33.3. The molecule has 1 aromatic heterocycles. The lowest BCUT2D eigenvalue weighted by molar-refractivity contribution is -0.115. The second-order valence-electron chi connectivity index (χ2n) is 8.99. The van der Waals surface area contributed by atoms with Crippen LogP contribution < -0.4 is 10.1 Å². The van der Waals surface area contributed by atoms with Crippen LogP contribution in [0.2, 0.25) is 0 Å². The number of anilines is 1. The van der Waals surface area contributed by atoms with Crippen LogP contribution in [0.4, 0.5) is 5.69 Å². The van der Waals surface area contributed by atoms with Gasteiger partial charge in [-0.1, -0.05) is 13.8 Å². The number of likely N-dealkylation sites (N-methyl/N-ethyl adjacent to an activating group) is 1. The Morgan fingerprint density at radius 2 is 1.94 bits per heavy atom. The van der Waals surface area contributed by atoms with Gasteiger partial charge >= 0.3 is 0 Å². The van der Waals surface area contributed by atoms with Crippen molar-refractivity contribution < 1.29 is 19.1 Å². The second-order valence-corrected chi connectivity index (χ2v) is 8.99. The number of pyridine rings is 1. The van der Waals surface area contributed by atoms with E-state index in [9.17, 15) is 9.59 Å². The highest BCUT2D eigenvalue weighted by Gasteiger charge is 2.28. The lowest BCUT2D eigenvalue weighted by Gasteiger charge is -2.36. The molecule has 0 unspecified atom stereocenters. The number of amides is 2. The number of methoxy groups -OCH3 is 1. The van der Waals surface area contributed by atoms with Crippen molar-refractivity contribution in [1.29, 1.82) is 0 Å². The van der Waals surface area contributed by atoms with Crippen LogP contribution in [-0.4, -0.2) is 72.6 Å². The molecule has 0 radical (unpaired) electrons. The van der Waals surface area contributed by atoms with Crippen LogP contribution in [0.1, 0.15) is 43.1 Å². The van der Waals surface area contributed by atoms with Crippen LogP contribution in [0.3, 0.4) is 0 Å². The van der Waals surface area contributed by atoms with Gasteiger partial charge in [-0.25, -0.2) is 0 Å². The van der Waals surface area contributed by atoms with Crippen molar-refractivity contribution in [1.82, 2.24) is 14.8 Å². The molecule has 2 heterocycles. The molecule has 0 saturated carbocycles. The minimum Gasteiger partial charge on any atom is -0.491 e. The summed E-state index contributed by atoms with van der Waals surface area (Å²) in [6, 6.07) is 9.30. The number of hydrogen-bond acceptors (Lipinski definition) is 6. The Morgan fingerprint density at radius 3 is 2.62 bits per heavy atom. The summed E-state index contributed by atoms with van der Waals surface area (Å²) < 4.78 is 12.0. The van der Waals surface area contributed by atoms with E-state index >= 15 is 0 Å². The van der Waals surface area contributed by atoms with Crippen molar-refractivity contribution in [3.05, 3.63) is 53.9 Å². The number of fused-ring (bicyclic) bond motifs is 1. The van der Waals surface area contributed by atoms with E-state index in [1.807, 2.05) is 12.1 Å². The first-order chi connectivity index (χ1) is 16.3. The largest absolute Gasteiger partial charge is 0.491 e. The molecule has 0 saturated heterocycles. The normalized spacial score (nSPS) is 22.2. The molecular formula is C26H36N4O4. The summed E-state index contributed by atoms with van der Waals surface area (Å²) in [7, 11) is 3.47. The van der Waals surface area contributed by atoms with Gasteiger partial charge in [0.25, 0.3) is 5.91 Å². The first kappa shape index (κ1) is 25.6.